The summed E-state index contributed by atoms with van der Waals surface area (Å²) in [6.07, 6.45) is 8.16. The first-order valence-corrected chi connectivity index (χ1v) is 6.68. The van der Waals surface area contributed by atoms with Crippen LogP contribution in [0.5, 0.6) is 0 Å². The zero-order valence-corrected chi connectivity index (χ0v) is 10.5. The molecular formula is C12H17ClN4. The van der Waals surface area contributed by atoms with Crippen LogP contribution in [-0.4, -0.2) is 22.6 Å². The molecule has 1 aromatic heterocycles. The van der Waals surface area contributed by atoms with Crippen LogP contribution in [0.15, 0.2) is 6.20 Å². The zero-order chi connectivity index (χ0) is 11.8. The molecule has 4 nitrogen and oxygen atoms in total. The average Bonchev–Trinajstić information content (AvgIpc) is 2.76. The monoisotopic (exact) mass is 252 g/mol. The lowest BCUT2D eigenvalue weighted by Gasteiger charge is -2.32. The van der Waals surface area contributed by atoms with Crippen molar-refractivity contribution >= 4 is 23.1 Å². The molecule has 3 rings (SSSR count). The van der Waals surface area contributed by atoms with E-state index in [0.717, 1.165) is 18.3 Å². The van der Waals surface area contributed by atoms with E-state index < -0.39 is 0 Å². The Morgan fingerprint density at radius 3 is 3.00 bits per heavy atom. The molecule has 1 saturated carbocycles. The number of aromatic nitrogens is 2. The summed E-state index contributed by atoms with van der Waals surface area (Å²) in [6.45, 7) is 1.05. The number of rotatable bonds is 1. The van der Waals surface area contributed by atoms with Gasteiger partial charge in [0.15, 0.2) is 5.82 Å². The van der Waals surface area contributed by atoms with Crippen LogP contribution < -0.4 is 10.6 Å². The van der Waals surface area contributed by atoms with Gasteiger partial charge in [0, 0.05) is 12.6 Å². The highest BCUT2D eigenvalue weighted by atomic mass is 35.5. The Kier molecular flexibility index (Phi) is 2.82. The van der Waals surface area contributed by atoms with Gasteiger partial charge in [0.05, 0.1) is 11.9 Å². The number of nitrogen functional groups attached to an aromatic ring is 1. The molecule has 0 aromatic carbocycles. The Hall–Kier alpha value is -1.03. The molecule has 1 saturated heterocycles. The maximum atomic E-state index is 5.97. The molecule has 0 spiro atoms. The molecule has 0 bridgehead atoms. The van der Waals surface area contributed by atoms with E-state index >= 15 is 0 Å². The van der Waals surface area contributed by atoms with E-state index in [9.17, 15) is 0 Å². The lowest BCUT2D eigenvalue weighted by molar-refractivity contribution is 0.341. The van der Waals surface area contributed by atoms with Gasteiger partial charge in [-0.3, -0.25) is 0 Å². The van der Waals surface area contributed by atoms with Crippen molar-refractivity contribution in [2.75, 3.05) is 17.2 Å². The second kappa shape index (κ2) is 4.33. The number of nitrogens with zero attached hydrogens (tertiary/aromatic N) is 3. The van der Waals surface area contributed by atoms with E-state index in [2.05, 4.69) is 14.9 Å². The van der Waals surface area contributed by atoms with E-state index in [-0.39, 0.29) is 5.28 Å². The van der Waals surface area contributed by atoms with Crippen molar-refractivity contribution in [2.24, 2.45) is 5.92 Å². The second-order valence-electron chi connectivity index (χ2n) is 5.01. The van der Waals surface area contributed by atoms with Gasteiger partial charge in [-0.05, 0) is 36.8 Å². The zero-order valence-electron chi connectivity index (χ0n) is 9.77. The third-order valence-corrected chi connectivity index (χ3v) is 4.23. The van der Waals surface area contributed by atoms with Crippen LogP contribution in [0.1, 0.15) is 32.1 Å². The van der Waals surface area contributed by atoms with E-state index in [1.165, 1.54) is 32.1 Å². The smallest absolute Gasteiger partial charge is 0.224 e. The fourth-order valence-corrected chi connectivity index (χ4v) is 3.39. The summed E-state index contributed by atoms with van der Waals surface area (Å²) in [5, 5.41) is 0.286. The maximum Gasteiger partial charge on any atom is 0.224 e. The van der Waals surface area contributed by atoms with Gasteiger partial charge in [0.25, 0.3) is 0 Å². The van der Waals surface area contributed by atoms with Gasteiger partial charge in [-0.2, -0.15) is 4.98 Å². The highest BCUT2D eigenvalue weighted by Gasteiger charge is 2.37. The van der Waals surface area contributed by atoms with Crippen molar-refractivity contribution in [1.29, 1.82) is 0 Å². The summed E-state index contributed by atoms with van der Waals surface area (Å²) in [7, 11) is 0. The fourth-order valence-electron chi connectivity index (χ4n) is 3.26. The third kappa shape index (κ3) is 1.95. The summed E-state index contributed by atoms with van der Waals surface area (Å²) < 4.78 is 0. The molecule has 0 amide bonds. The standard InChI is InChI=1S/C12H17ClN4/c13-12-15-7-9(14)11(16-12)17-6-5-8-3-1-2-4-10(8)17/h7-8,10H,1-6,14H2. The molecular weight excluding hydrogens is 236 g/mol. The quantitative estimate of drug-likeness (QED) is 0.781. The van der Waals surface area contributed by atoms with Gasteiger partial charge in [-0.1, -0.05) is 12.8 Å². The van der Waals surface area contributed by atoms with Crippen LogP contribution in [0, 0.1) is 5.92 Å². The minimum absolute atomic E-state index is 0.286. The molecule has 2 atom stereocenters. The lowest BCUT2D eigenvalue weighted by atomic mass is 9.85. The van der Waals surface area contributed by atoms with E-state index in [1.54, 1.807) is 6.20 Å². The summed E-state index contributed by atoms with van der Waals surface area (Å²) in [4.78, 5) is 10.6. The number of hydrogen-bond donors (Lipinski definition) is 1. The summed E-state index contributed by atoms with van der Waals surface area (Å²) in [5.74, 6) is 1.65. The largest absolute Gasteiger partial charge is 0.394 e. The number of nitrogens with two attached hydrogens (primary N) is 1. The van der Waals surface area contributed by atoms with Crippen molar-refractivity contribution in [3.05, 3.63) is 11.5 Å². The number of anilines is 2. The van der Waals surface area contributed by atoms with Gasteiger partial charge >= 0.3 is 0 Å². The Bertz CT molecular complexity index is 423. The summed E-state index contributed by atoms with van der Waals surface area (Å²) >= 11 is 5.87. The van der Waals surface area contributed by atoms with E-state index in [1.807, 2.05) is 0 Å². The first-order valence-electron chi connectivity index (χ1n) is 6.30. The Morgan fingerprint density at radius 1 is 1.29 bits per heavy atom. The summed E-state index contributed by atoms with van der Waals surface area (Å²) in [5.41, 5.74) is 6.61. The number of fused-ring (bicyclic) bond motifs is 1. The van der Waals surface area contributed by atoms with Crippen molar-refractivity contribution in [3.63, 3.8) is 0 Å². The van der Waals surface area contributed by atoms with Crippen molar-refractivity contribution < 1.29 is 0 Å². The normalized spacial score (nSPS) is 28.2. The van der Waals surface area contributed by atoms with Crippen LogP contribution in [0.2, 0.25) is 5.28 Å². The second-order valence-corrected chi connectivity index (χ2v) is 5.35. The van der Waals surface area contributed by atoms with Gasteiger partial charge < -0.3 is 10.6 Å². The molecule has 2 N–H and O–H groups in total. The van der Waals surface area contributed by atoms with Crippen LogP contribution in [0.25, 0.3) is 0 Å². The minimum Gasteiger partial charge on any atom is -0.394 e. The molecule has 2 fully saturated rings. The number of hydrogen-bond acceptors (Lipinski definition) is 4. The predicted molar refractivity (Wildman–Crippen MR) is 69.2 cm³/mol. The molecule has 2 heterocycles. The van der Waals surface area contributed by atoms with Gasteiger partial charge in [-0.25, -0.2) is 4.98 Å². The lowest BCUT2D eigenvalue weighted by Crippen LogP contribution is -2.35. The van der Waals surface area contributed by atoms with Crippen molar-refractivity contribution in [3.8, 4) is 0 Å². The van der Waals surface area contributed by atoms with E-state index in [4.69, 9.17) is 17.3 Å². The highest BCUT2D eigenvalue weighted by molar-refractivity contribution is 6.28. The Balaban J connectivity index is 1.91. The molecule has 1 aliphatic carbocycles. The topological polar surface area (TPSA) is 55.0 Å². The predicted octanol–water partition coefficient (Wildman–Crippen LogP) is 2.48. The molecule has 1 aromatic rings. The Labute approximate surface area is 106 Å². The van der Waals surface area contributed by atoms with Crippen molar-refractivity contribution in [1.82, 2.24) is 9.97 Å². The molecule has 17 heavy (non-hydrogen) atoms. The minimum atomic E-state index is 0.286. The van der Waals surface area contributed by atoms with Gasteiger partial charge in [-0.15, -0.1) is 0 Å². The van der Waals surface area contributed by atoms with E-state index in [0.29, 0.717) is 11.7 Å². The molecule has 0 radical (unpaired) electrons. The SMILES string of the molecule is Nc1cnc(Cl)nc1N1CCC2CCCCC21. The third-order valence-electron chi connectivity index (χ3n) is 4.05. The van der Waals surface area contributed by atoms with Crippen LogP contribution >= 0.6 is 11.6 Å². The average molecular weight is 253 g/mol. The molecule has 2 unspecified atom stereocenters. The molecule has 92 valence electrons. The van der Waals surface area contributed by atoms with Crippen LogP contribution in [0.3, 0.4) is 0 Å². The van der Waals surface area contributed by atoms with Gasteiger partial charge in [0.1, 0.15) is 0 Å². The molecule has 2 aliphatic rings. The van der Waals surface area contributed by atoms with Crippen LogP contribution in [-0.2, 0) is 0 Å². The maximum absolute atomic E-state index is 5.97. The number of halogens is 1. The molecule has 5 heteroatoms. The molecule has 1 aliphatic heterocycles. The summed E-state index contributed by atoms with van der Waals surface area (Å²) in [6, 6.07) is 0.608. The first-order chi connectivity index (χ1) is 8.25. The Morgan fingerprint density at radius 2 is 2.12 bits per heavy atom. The first kappa shape index (κ1) is 11.1. The highest BCUT2D eigenvalue weighted by Crippen LogP contribution is 2.39. The fraction of sp³-hybridized carbons (Fsp3) is 0.667. The van der Waals surface area contributed by atoms with Crippen LogP contribution in [0.4, 0.5) is 11.5 Å². The van der Waals surface area contributed by atoms with Gasteiger partial charge in [0.2, 0.25) is 5.28 Å². The van der Waals surface area contributed by atoms with Crippen molar-refractivity contribution in [2.45, 2.75) is 38.1 Å².